The summed E-state index contributed by atoms with van der Waals surface area (Å²) in [6.07, 6.45) is 3.54. The van der Waals surface area contributed by atoms with E-state index in [0.717, 1.165) is 25.3 Å². The summed E-state index contributed by atoms with van der Waals surface area (Å²) in [5, 5.41) is 10.3. The molecule has 1 saturated carbocycles. The van der Waals surface area contributed by atoms with E-state index in [2.05, 4.69) is 0 Å². The molecule has 0 radical (unpaired) electrons. The molecule has 37 heavy (non-hydrogen) atoms. The average Bonchev–Trinajstić information content (AvgIpc) is 3.46. The minimum Gasteiger partial charge on any atom is -0.506 e. The number of ether oxygens (including phenoxy) is 2. The van der Waals surface area contributed by atoms with Crippen LogP contribution >= 0.6 is 0 Å². The highest BCUT2D eigenvalue weighted by Gasteiger charge is 2.39. The second-order valence-electron chi connectivity index (χ2n) is 9.78. The molecule has 4 rings (SSSR count). The third kappa shape index (κ3) is 5.81. The van der Waals surface area contributed by atoms with Crippen LogP contribution in [0.3, 0.4) is 0 Å². The number of rotatable bonds is 8. The van der Waals surface area contributed by atoms with Crippen molar-refractivity contribution in [1.82, 2.24) is 9.62 Å². The number of nitrogens with zero attached hydrogens (tertiary/aromatic N) is 2. The van der Waals surface area contributed by atoms with Crippen LogP contribution in [0, 0.1) is 17.7 Å². The molecule has 2 fully saturated rings. The van der Waals surface area contributed by atoms with Crippen molar-refractivity contribution >= 4 is 39.4 Å². The van der Waals surface area contributed by atoms with Gasteiger partial charge in [0.2, 0.25) is 6.29 Å². The standard InChI is InChI=1S/C24H30FN3O8S/c1-13(2)23(31)35-14(3)36-24(32)27-11-16(10-17(27)7-6-15-4-5-15)18-8-9-19(29)22(21(18)25)28-12-20(30)26-37(28,33)34/h8-10,13-15,17,29H,4-7,11-12H2,1-3H3,(H,26,30)/t14?,17-/m1/s1. The predicted molar refractivity (Wildman–Crippen MR) is 130 cm³/mol. The van der Waals surface area contributed by atoms with Gasteiger partial charge >= 0.3 is 22.3 Å². The van der Waals surface area contributed by atoms with Crippen molar-refractivity contribution in [2.75, 3.05) is 17.4 Å². The minimum atomic E-state index is -4.36. The zero-order valence-electron chi connectivity index (χ0n) is 20.8. The maximum Gasteiger partial charge on any atom is 0.413 e. The second-order valence-corrected chi connectivity index (χ2v) is 11.4. The van der Waals surface area contributed by atoms with Crippen molar-refractivity contribution < 1.29 is 41.8 Å². The molecule has 1 aromatic carbocycles. The van der Waals surface area contributed by atoms with Crippen molar-refractivity contribution in [3.8, 4) is 5.75 Å². The van der Waals surface area contributed by atoms with Gasteiger partial charge in [-0.3, -0.25) is 14.5 Å². The lowest BCUT2D eigenvalue weighted by Gasteiger charge is -2.26. The number of halogens is 1. The van der Waals surface area contributed by atoms with Crippen LogP contribution in [-0.4, -0.2) is 61.8 Å². The third-order valence-electron chi connectivity index (χ3n) is 6.47. The van der Waals surface area contributed by atoms with Gasteiger partial charge < -0.3 is 14.6 Å². The van der Waals surface area contributed by atoms with Gasteiger partial charge in [-0.15, -0.1) is 0 Å². The van der Waals surface area contributed by atoms with Gasteiger partial charge in [0.1, 0.15) is 18.0 Å². The van der Waals surface area contributed by atoms with Crippen molar-refractivity contribution in [3.05, 3.63) is 29.6 Å². The van der Waals surface area contributed by atoms with Gasteiger partial charge in [-0.25, -0.2) is 18.2 Å². The van der Waals surface area contributed by atoms with E-state index in [-0.39, 0.29) is 12.1 Å². The molecule has 2 amide bonds. The fourth-order valence-electron chi connectivity index (χ4n) is 4.32. The number of amides is 2. The lowest BCUT2D eigenvalue weighted by atomic mass is 10.0. The van der Waals surface area contributed by atoms with E-state index in [9.17, 15) is 27.9 Å². The van der Waals surface area contributed by atoms with Gasteiger partial charge in [0.15, 0.2) is 5.82 Å². The molecule has 0 bridgehead atoms. The molecule has 2 N–H and O–H groups in total. The van der Waals surface area contributed by atoms with Crippen LogP contribution in [0.1, 0.15) is 52.0 Å². The number of carbonyl (C=O) groups is 3. The highest BCUT2D eigenvalue weighted by Crippen LogP contribution is 2.40. The SMILES string of the molecule is CC(OC(=O)C(C)C)OC(=O)N1CC(c2ccc(O)c(N3CC(=O)NS3(=O)=O)c2F)=C[C@H]1CCC1CC1. The first-order valence-electron chi connectivity index (χ1n) is 12.1. The number of phenolic OH excluding ortho intramolecular Hbond substituents is 1. The zero-order chi connectivity index (χ0) is 27.1. The van der Waals surface area contributed by atoms with Crippen LogP contribution < -0.4 is 9.03 Å². The largest absolute Gasteiger partial charge is 0.506 e. The highest BCUT2D eigenvalue weighted by molar-refractivity contribution is 7.92. The number of aromatic hydroxyl groups is 1. The summed E-state index contributed by atoms with van der Waals surface area (Å²) in [5.41, 5.74) is -0.283. The molecular formula is C24H30FN3O8S. The van der Waals surface area contributed by atoms with Gasteiger partial charge in [-0.1, -0.05) is 32.8 Å². The maximum absolute atomic E-state index is 15.7. The molecular weight excluding hydrogens is 509 g/mol. The summed E-state index contributed by atoms with van der Waals surface area (Å²) >= 11 is 0. The van der Waals surface area contributed by atoms with E-state index in [1.165, 1.54) is 17.9 Å². The Balaban J connectivity index is 1.58. The van der Waals surface area contributed by atoms with E-state index in [1.54, 1.807) is 24.6 Å². The summed E-state index contributed by atoms with van der Waals surface area (Å²) in [4.78, 5) is 37.9. The van der Waals surface area contributed by atoms with Gasteiger partial charge in [0.25, 0.3) is 5.91 Å². The number of benzene rings is 1. The Morgan fingerprint density at radius 3 is 2.46 bits per heavy atom. The number of anilines is 1. The van der Waals surface area contributed by atoms with Crippen LogP contribution in [0.25, 0.3) is 5.57 Å². The Bertz CT molecular complexity index is 1240. The molecule has 202 valence electrons. The van der Waals surface area contributed by atoms with E-state index < -0.39 is 70.2 Å². The highest BCUT2D eigenvalue weighted by atomic mass is 32.2. The lowest BCUT2D eigenvalue weighted by molar-refractivity contribution is -0.169. The zero-order valence-corrected chi connectivity index (χ0v) is 21.6. The second kappa shape index (κ2) is 10.2. The Hall–Kier alpha value is -3.35. The molecule has 11 nitrogen and oxygen atoms in total. The molecule has 2 aliphatic heterocycles. The number of hydrogen-bond acceptors (Lipinski definition) is 8. The van der Waals surface area contributed by atoms with Crippen LogP contribution in [0.15, 0.2) is 18.2 Å². The quantitative estimate of drug-likeness (QED) is 0.379. The molecule has 1 saturated heterocycles. The Labute approximate surface area is 214 Å². The lowest BCUT2D eigenvalue weighted by Crippen LogP contribution is -2.39. The Morgan fingerprint density at radius 2 is 1.86 bits per heavy atom. The number of esters is 1. The maximum atomic E-state index is 15.7. The smallest absolute Gasteiger partial charge is 0.413 e. The van der Waals surface area contributed by atoms with Gasteiger partial charge in [0.05, 0.1) is 18.5 Å². The topological polar surface area (TPSA) is 143 Å². The van der Waals surface area contributed by atoms with Crippen LogP contribution in [0.4, 0.5) is 14.9 Å². The molecule has 1 unspecified atom stereocenters. The number of hydrogen-bond donors (Lipinski definition) is 2. The average molecular weight is 540 g/mol. The summed E-state index contributed by atoms with van der Waals surface area (Å²) in [7, 11) is -4.36. The Kier molecular flexibility index (Phi) is 7.36. The van der Waals surface area contributed by atoms with Gasteiger partial charge in [-0.05, 0) is 36.5 Å². The van der Waals surface area contributed by atoms with Crippen molar-refractivity contribution in [2.45, 2.75) is 58.8 Å². The van der Waals surface area contributed by atoms with Crippen LogP contribution in [0.5, 0.6) is 5.75 Å². The third-order valence-corrected chi connectivity index (χ3v) is 7.84. The summed E-state index contributed by atoms with van der Waals surface area (Å²) < 4.78 is 52.9. The minimum absolute atomic E-state index is 0.0200. The molecule has 0 spiro atoms. The fourth-order valence-corrected chi connectivity index (χ4v) is 5.49. The number of phenols is 1. The first-order valence-corrected chi connectivity index (χ1v) is 13.5. The summed E-state index contributed by atoms with van der Waals surface area (Å²) in [6.45, 7) is 4.01. The van der Waals surface area contributed by atoms with Gasteiger partial charge in [-0.2, -0.15) is 8.42 Å². The molecule has 13 heteroatoms. The molecule has 0 aromatic heterocycles. The molecule has 1 aromatic rings. The first kappa shape index (κ1) is 26.7. The summed E-state index contributed by atoms with van der Waals surface area (Å²) in [6, 6.07) is 2.00. The van der Waals surface area contributed by atoms with E-state index >= 15 is 4.39 Å². The molecule has 2 heterocycles. The molecule has 2 atom stereocenters. The van der Waals surface area contributed by atoms with E-state index in [1.807, 2.05) is 0 Å². The first-order chi connectivity index (χ1) is 17.4. The monoisotopic (exact) mass is 539 g/mol. The van der Waals surface area contributed by atoms with Crippen LogP contribution in [-0.2, 0) is 29.3 Å². The normalized spacial score (nSPS) is 21.6. The van der Waals surface area contributed by atoms with Crippen molar-refractivity contribution in [2.24, 2.45) is 11.8 Å². The number of carbonyl (C=O) groups excluding carboxylic acids is 3. The number of nitrogens with one attached hydrogen (secondary N) is 1. The molecule has 3 aliphatic rings. The van der Waals surface area contributed by atoms with Crippen molar-refractivity contribution in [3.63, 3.8) is 0 Å². The Morgan fingerprint density at radius 1 is 1.16 bits per heavy atom. The van der Waals surface area contributed by atoms with E-state index in [4.69, 9.17) is 9.47 Å². The van der Waals surface area contributed by atoms with Crippen LogP contribution in [0.2, 0.25) is 0 Å². The molecule has 1 aliphatic carbocycles. The predicted octanol–water partition coefficient (Wildman–Crippen LogP) is 2.65. The summed E-state index contributed by atoms with van der Waals surface area (Å²) in [5.74, 6) is -2.89. The fraction of sp³-hybridized carbons (Fsp3) is 0.542. The van der Waals surface area contributed by atoms with Crippen molar-refractivity contribution in [1.29, 1.82) is 0 Å². The van der Waals surface area contributed by atoms with E-state index in [0.29, 0.717) is 22.2 Å². The van der Waals surface area contributed by atoms with Gasteiger partial charge in [0, 0.05) is 12.5 Å².